The van der Waals surface area contributed by atoms with Crippen molar-refractivity contribution in [2.45, 2.75) is 31.8 Å². The lowest BCUT2D eigenvalue weighted by Crippen LogP contribution is -2.37. The molecule has 0 saturated heterocycles. The summed E-state index contributed by atoms with van der Waals surface area (Å²) in [6, 6.07) is 25.4. The van der Waals surface area contributed by atoms with Crippen LogP contribution in [0.15, 0.2) is 117 Å². The third-order valence-electron chi connectivity index (χ3n) is 6.89. The molecule has 6 rings (SSSR count). The van der Waals surface area contributed by atoms with Crippen LogP contribution in [0.1, 0.15) is 0 Å². The second-order valence-corrected chi connectivity index (χ2v) is 16.0. The maximum atomic E-state index is 12.6. The first-order valence-corrected chi connectivity index (χ1v) is 19.7. The zero-order valence-electron chi connectivity index (χ0n) is 27.0. The molecule has 0 spiro atoms. The number of likely N-dealkylation sites (N-methyl/N-ethyl adjacent to an activating group) is 1. The van der Waals surface area contributed by atoms with Gasteiger partial charge in [0.1, 0.15) is 25.9 Å². The lowest BCUT2D eigenvalue weighted by atomic mass is 10.2. The van der Waals surface area contributed by atoms with Crippen LogP contribution < -0.4 is 30.0 Å². The molecule has 2 heterocycles. The molecule has 4 aromatic carbocycles. The molecular weight excluding hydrogens is 697 g/mol. The van der Waals surface area contributed by atoms with Gasteiger partial charge in [-0.25, -0.2) is 16.8 Å². The van der Waals surface area contributed by atoms with E-state index in [1.807, 2.05) is 7.05 Å². The summed E-state index contributed by atoms with van der Waals surface area (Å²) < 4.78 is 99.6. The monoisotopic (exact) mass is 734 g/mol. The molecule has 264 valence electrons. The minimum Gasteiger partial charge on any atom is -0.486 e. The molecule has 4 aromatic rings. The van der Waals surface area contributed by atoms with Crippen molar-refractivity contribution in [2.75, 3.05) is 46.7 Å². The van der Waals surface area contributed by atoms with Gasteiger partial charge in [0.15, 0.2) is 29.1 Å². The summed E-state index contributed by atoms with van der Waals surface area (Å²) in [4.78, 5) is 0.742. The third-order valence-corrected chi connectivity index (χ3v) is 11.0. The molecule has 0 fully saturated rings. The van der Waals surface area contributed by atoms with Gasteiger partial charge >= 0.3 is 0 Å². The molecule has 2 aliphatic heterocycles. The second-order valence-electron chi connectivity index (χ2n) is 10.5. The van der Waals surface area contributed by atoms with Gasteiger partial charge in [0.25, 0.3) is 10.1 Å². The van der Waals surface area contributed by atoms with Crippen molar-refractivity contribution >= 4 is 29.8 Å². The minimum absolute atomic E-state index is 0.0529. The fourth-order valence-electron chi connectivity index (χ4n) is 4.61. The maximum Gasteiger partial charge on any atom is 0.264 e. The van der Waals surface area contributed by atoms with Crippen molar-refractivity contribution in [1.82, 2.24) is 5.32 Å². The number of hydrogen-bond donors (Lipinski definition) is 2. The van der Waals surface area contributed by atoms with Gasteiger partial charge in [-0.3, -0.25) is 4.18 Å². The second kappa shape index (κ2) is 16.5. The number of fused-ring (bicyclic) bond motifs is 2. The molecular formula is C33H38N2O11S3. The molecule has 0 radical (unpaired) electrons. The van der Waals surface area contributed by atoms with Crippen LogP contribution in [0.3, 0.4) is 0 Å². The summed E-state index contributed by atoms with van der Waals surface area (Å²) in [5.74, 6) is 1.65. The average Bonchev–Trinajstić information content (AvgIpc) is 3.12. The summed E-state index contributed by atoms with van der Waals surface area (Å²) in [5, 5.41) is 3.02. The fourth-order valence-corrected chi connectivity index (χ4v) is 7.60. The van der Waals surface area contributed by atoms with Gasteiger partial charge in [0.2, 0.25) is 19.7 Å². The van der Waals surface area contributed by atoms with Gasteiger partial charge in [-0.1, -0.05) is 36.4 Å². The van der Waals surface area contributed by atoms with Gasteiger partial charge in [0.05, 0.1) is 25.8 Å². The van der Waals surface area contributed by atoms with Crippen LogP contribution in [-0.4, -0.2) is 84.2 Å². The molecule has 2 atom stereocenters. The van der Waals surface area contributed by atoms with Crippen molar-refractivity contribution in [2.24, 2.45) is 5.73 Å². The van der Waals surface area contributed by atoms with E-state index in [2.05, 4.69) is 11.1 Å². The molecule has 0 amide bonds. The average molecular weight is 735 g/mol. The number of nitrogens with one attached hydrogen (secondary N) is 1. The van der Waals surface area contributed by atoms with E-state index in [4.69, 9.17) is 23.1 Å². The standard InChI is InChI=1S/C16H17NO4S.C16H16O7S2.CH5N/c1-17-10-12-11-20-16-9-14(7-8-15(16)21-12)22(18,19)13-5-3-2-4-6-13;1-24(17,18)22-11-12-10-21-16-9-14(7-8-15(16)23-12)25(19,20)13-5-3-2-4-6-13;1-2/h2-9,12,17H,10-11H2,1H3;2-9,12H,10-11H2,1H3;2H2,1H3/t2*12-;/m10./s1. The third kappa shape index (κ3) is 9.71. The van der Waals surface area contributed by atoms with Gasteiger partial charge in [0, 0.05) is 18.7 Å². The van der Waals surface area contributed by atoms with E-state index in [0.29, 0.717) is 30.4 Å². The van der Waals surface area contributed by atoms with Crippen LogP contribution in [0, 0.1) is 0 Å². The minimum atomic E-state index is -3.66. The van der Waals surface area contributed by atoms with Crippen molar-refractivity contribution in [3.8, 4) is 23.0 Å². The zero-order valence-corrected chi connectivity index (χ0v) is 29.5. The van der Waals surface area contributed by atoms with E-state index in [1.54, 1.807) is 60.7 Å². The molecule has 0 bridgehead atoms. The fraction of sp³-hybridized carbons (Fsp3) is 0.273. The van der Waals surface area contributed by atoms with Gasteiger partial charge < -0.3 is 30.0 Å². The van der Waals surface area contributed by atoms with E-state index < -0.39 is 35.9 Å². The van der Waals surface area contributed by atoms with E-state index >= 15 is 0 Å². The number of benzene rings is 4. The van der Waals surface area contributed by atoms with Crippen LogP contribution in [0.25, 0.3) is 0 Å². The predicted molar refractivity (Wildman–Crippen MR) is 181 cm³/mol. The summed E-state index contributed by atoms with van der Waals surface area (Å²) in [6.07, 6.45) is 0.276. The Balaban J connectivity index is 0.000000212. The number of rotatable bonds is 9. The smallest absolute Gasteiger partial charge is 0.264 e. The Hall–Kier alpha value is -4.19. The molecule has 2 aliphatic rings. The lowest BCUT2D eigenvalue weighted by molar-refractivity contribution is 0.0555. The Bertz CT molecular complexity index is 2030. The number of hydrogen-bond acceptors (Lipinski definition) is 13. The van der Waals surface area contributed by atoms with Crippen LogP contribution in [0.4, 0.5) is 0 Å². The molecule has 0 aliphatic carbocycles. The lowest BCUT2D eigenvalue weighted by Gasteiger charge is -2.26. The highest BCUT2D eigenvalue weighted by molar-refractivity contribution is 7.91. The Kier molecular flexibility index (Phi) is 12.7. The topological polar surface area (TPSA) is 187 Å². The van der Waals surface area contributed by atoms with Crippen molar-refractivity contribution < 1.29 is 48.4 Å². The van der Waals surface area contributed by atoms with E-state index in [0.717, 1.165) is 6.26 Å². The first-order chi connectivity index (χ1) is 23.4. The molecule has 0 saturated carbocycles. The normalized spacial score (nSPS) is 16.7. The Morgan fingerprint density at radius 3 is 1.49 bits per heavy atom. The molecule has 0 unspecified atom stereocenters. The summed E-state index contributed by atoms with van der Waals surface area (Å²) in [6.45, 7) is 0.936. The molecule has 49 heavy (non-hydrogen) atoms. The molecule has 3 N–H and O–H groups in total. The van der Waals surface area contributed by atoms with Crippen molar-refractivity contribution in [3.63, 3.8) is 0 Å². The van der Waals surface area contributed by atoms with Crippen molar-refractivity contribution in [3.05, 3.63) is 97.1 Å². The molecule has 13 nitrogen and oxygen atoms in total. The summed E-state index contributed by atoms with van der Waals surface area (Å²) >= 11 is 0. The SMILES string of the molecule is CN.CNC[C@@H]1COc2cc(S(=O)(=O)c3ccccc3)ccc2O1.CS(=O)(=O)OC[C@@H]1COc2cc(S(=O)(=O)c3ccccc3)ccc2O1. The Labute approximate surface area is 286 Å². The van der Waals surface area contributed by atoms with Gasteiger partial charge in [-0.05, 0) is 62.6 Å². The van der Waals surface area contributed by atoms with E-state index in [-0.39, 0.29) is 44.6 Å². The zero-order chi connectivity index (χ0) is 35.7. The largest absolute Gasteiger partial charge is 0.486 e. The van der Waals surface area contributed by atoms with Gasteiger partial charge in [-0.2, -0.15) is 8.42 Å². The molecule has 0 aromatic heterocycles. The van der Waals surface area contributed by atoms with Crippen LogP contribution in [-0.2, 0) is 34.0 Å². The number of sulfone groups is 2. The quantitative estimate of drug-likeness (QED) is 0.239. The summed E-state index contributed by atoms with van der Waals surface area (Å²) in [7, 11) is -7.43. The van der Waals surface area contributed by atoms with E-state index in [9.17, 15) is 25.3 Å². The number of nitrogens with two attached hydrogens (primary N) is 1. The Morgan fingerprint density at radius 1 is 0.633 bits per heavy atom. The predicted octanol–water partition coefficient (Wildman–Crippen LogP) is 3.09. The highest BCUT2D eigenvalue weighted by Gasteiger charge is 2.27. The van der Waals surface area contributed by atoms with Crippen molar-refractivity contribution in [1.29, 1.82) is 0 Å². The highest BCUT2D eigenvalue weighted by Crippen LogP contribution is 2.36. The van der Waals surface area contributed by atoms with Crippen LogP contribution in [0.5, 0.6) is 23.0 Å². The first-order valence-electron chi connectivity index (χ1n) is 14.9. The van der Waals surface area contributed by atoms with Gasteiger partial charge in [-0.15, -0.1) is 0 Å². The van der Waals surface area contributed by atoms with Crippen LogP contribution in [0.2, 0.25) is 0 Å². The maximum absolute atomic E-state index is 12.6. The van der Waals surface area contributed by atoms with E-state index in [1.165, 1.54) is 43.4 Å². The summed E-state index contributed by atoms with van der Waals surface area (Å²) in [5.41, 5.74) is 4.50. The van der Waals surface area contributed by atoms with Crippen LogP contribution >= 0.6 is 0 Å². The number of ether oxygens (including phenoxy) is 4. The molecule has 16 heteroatoms. The Morgan fingerprint density at radius 2 is 1.06 bits per heavy atom. The first kappa shape index (κ1) is 37.6. The highest BCUT2D eigenvalue weighted by atomic mass is 32.2.